The van der Waals surface area contributed by atoms with Crippen molar-refractivity contribution in [3.63, 3.8) is 0 Å². The summed E-state index contributed by atoms with van der Waals surface area (Å²) >= 11 is 0. The fraction of sp³-hybridized carbons (Fsp3) is 0.588. The van der Waals surface area contributed by atoms with Crippen molar-refractivity contribution in [1.29, 1.82) is 0 Å². The Morgan fingerprint density at radius 3 is 2.86 bits per heavy atom. The van der Waals surface area contributed by atoms with E-state index in [2.05, 4.69) is 46.7 Å². The van der Waals surface area contributed by atoms with Crippen LogP contribution in [0.25, 0.3) is 0 Å². The molecule has 114 valence electrons. The molecule has 0 spiro atoms. The van der Waals surface area contributed by atoms with Crippen molar-refractivity contribution in [3.05, 3.63) is 35.9 Å². The largest absolute Gasteiger partial charge is 0.352 e. The van der Waals surface area contributed by atoms with Gasteiger partial charge in [0.2, 0.25) is 5.91 Å². The Hall–Kier alpha value is -1.39. The summed E-state index contributed by atoms with van der Waals surface area (Å²) in [5.41, 5.74) is 1.35. The monoisotopic (exact) mass is 287 g/mol. The molecule has 21 heavy (non-hydrogen) atoms. The molecule has 2 saturated heterocycles. The standard InChI is InChI=1S/C17H25N3O/c1-13-9-18-10-16(13)17(21)19-15-7-8-20(12-15)11-14-5-3-2-4-6-14/h2-6,13,15-16,18H,7-12H2,1H3,(H,19,21)/t13-,15?,16-/m1/s1. The molecule has 0 saturated carbocycles. The van der Waals surface area contributed by atoms with Gasteiger partial charge in [0.15, 0.2) is 0 Å². The Morgan fingerprint density at radius 2 is 2.14 bits per heavy atom. The van der Waals surface area contributed by atoms with Crippen LogP contribution in [0.2, 0.25) is 0 Å². The molecule has 3 rings (SSSR count). The summed E-state index contributed by atoms with van der Waals surface area (Å²) in [6.07, 6.45) is 1.06. The van der Waals surface area contributed by atoms with Crippen LogP contribution in [-0.4, -0.2) is 43.0 Å². The van der Waals surface area contributed by atoms with E-state index in [1.54, 1.807) is 0 Å². The Labute approximate surface area is 126 Å². The van der Waals surface area contributed by atoms with E-state index in [1.807, 2.05) is 6.07 Å². The molecule has 2 fully saturated rings. The Kier molecular flexibility index (Phi) is 4.56. The van der Waals surface area contributed by atoms with Crippen molar-refractivity contribution < 1.29 is 4.79 Å². The number of likely N-dealkylation sites (tertiary alicyclic amines) is 1. The molecule has 2 N–H and O–H groups in total. The molecule has 0 bridgehead atoms. The topological polar surface area (TPSA) is 44.4 Å². The van der Waals surface area contributed by atoms with Crippen LogP contribution in [0.15, 0.2) is 30.3 Å². The van der Waals surface area contributed by atoms with Gasteiger partial charge in [0.1, 0.15) is 0 Å². The van der Waals surface area contributed by atoms with E-state index in [0.29, 0.717) is 12.0 Å². The maximum absolute atomic E-state index is 12.3. The van der Waals surface area contributed by atoms with Gasteiger partial charge < -0.3 is 10.6 Å². The van der Waals surface area contributed by atoms with Gasteiger partial charge in [0.25, 0.3) is 0 Å². The first-order chi connectivity index (χ1) is 10.2. The third-order valence-electron chi connectivity index (χ3n) is 4.72. The Balaban J connectivity index is 1.47. The second kappa shape index (κ2) is 6.58. The predicted octanol–water partition coefficient (Wildman–Crippen LogP) is 1.23. The van der Waals surface area contributed by atoms with Crippen molar-refractivity contribution in [2.45, 2.75) is 25.9 Å². The first kappa shape index (κ1) is 14.5. The van der Waals surface area contributed by atoms with E-state index < -0.39 is 0 Å². The molecule has 3 atom stereocenters. The predicted molar refractivity (Wildman–Crippen MR) is 83.8 cm³/mol. The van der Waals surface area contributed by atoms with Gasteiger partial charge >= 0.3 is 0 Å². The number of hydrogen-bond acceptors (Lipinski definition) is 3. The summed E-state index contributed by atoms with van der Waals surface area (Å²) in [6, 6.07) is 10.9. The smallest absolute Gasteiger partial charge is 0.224 e. The summed E-state index contributed by atoms with van der Waals surface area (Å²) in [7, 11) is 0. The number of rotatable bonds is 4. The van der Waals surface area contributed by atoms with Crippen molar-refractivity contribution in [1.82, 2.24) is 15.5 Å². The van der Waals surface area contributed by atoms with Gasteiger partial charge in [-0.15, -0.1) is 0 Å². The first-order valence-electron chi connectivity index (χ1n) is 8.00. The van der Waals surface area contributed by atoms with Gasteiger partial charge in [-0.05, 0) is 24.4 Å². The van der Waals surface area contributed by atoms with Gasteiger partial charge in [0.05, 0.1) is 5.92 Å². The fourth-order valence-electron chi connectivity index (χ4n) is 3.40. The summed E-state index contributed by atoms with van der Waals surface area (Å²) < 4.78 is 0. The van der Waals surface area contributed by atoms with E-state index in [0.717, 1.165) is 39.1 Å². The number of carbonyl (C=O) groups is 1. The van der Waals surface area contributed by atoms with Gasteiger partial charge in [-0.2, -0.15) is 0 Å². The van der Waals surface area contributed by atoms with Crippen LogP contribution in [0.5, 0.6) is 0 Å². The number of hydrogen-bond donors (Lipinski definition) is 2. The lowest BCUT2D eigenvalue weighted by Gasteiger charge is -2.19. The average molecular weight is 287 g/mol. The zero-order valence-corrected chi connectivity index (χ0v) is 12.7. The number of nitrogens with zero attached hydrogens (tertiary/aromatic N) is 1. The number of benzene rings is 1. The number of amides is 1. The van der Waals surface area contributed by atoms with E-state index in [9.17, 15) is 4.79 Å². The van der Waals surface area contributed by atoms with Gasteiger partial charge in [0, 0.05) is 32.2 Å². The van der Waals surface area contributed by atoms with Crippen molar-refractivity contribution in [2.75, 3.05) is 26.2 Å². The van der Waals surface area contributed by atoms with Crippen LogP contribution in [0.4, 0.5) is 0 Å². The summed E-state index contributed by atoms with van der Waals surface area (Å²) in [4.78, 5) is 14.7. The third kappa shape index (κ3) is 3.63. The molecular weight excluding hydrogens is 262 g/mol. The van der Waals surface area contributed by atoms with Crippen molar-refractivity contribution in [3.8, 4) is 0 Å². The minimum atomic E-state index is 0.146. The Bertz CT molecular complexity index is 476. The van der Waals surface area contributed by atoms with E-state index in [-0.39, 0.29) is 11.8 Å². The van der Waals surface area contributed by atoms with Crippen LogP contribution >= 0.6 is 0 Å². The van der Waals surface area contributed by atoms with Gasteiger partial charge in [-0.25, -0.2) is 0 Å². The maximum atomic E-state index is 12.3. The quantitative estimate of drug-likeness (QED) is 0.875. The molecular formula is C17H25N3O. The number of nitrogens with one attached hydrogen (secondary N) is 2. The zero-order valence-electron chi connectivity index (χ0n) is 12.7. The summed E-state index contributed by atoms with van der Waals surface area (Å²) in [5.74, 6) is 0.832. The average Bonchev–Trinajstić information content (AvgIpc) is 3.09. The third-order valence-corrected chi connectivity index (χ3v) is 4.72. The highest BCUT2D eigenvalue weighted by atomic mass is 16.2. The highest BCUT2D eigenvalue weighted by Gasteiger charge is 2.32. The van der Waals surface area contributed by atoms with Gasteiger partial charge in [-0.3, -0.25) is 9.69 Å². The molecule has 2 aliphatic heterocycles. The Morgan fingerprint density at radius 1 is 1.33 bits per heavy atom. The van der Waals surface area contributed by atoms with Crippen LogP contribution in [-0.2, 0) is 11.3 Å². The molecule has 2 heterocycles. The maximum Gasteiger partial charge on any atom is 0.224 e. The molecule has 1 unspecified atom stereocenters. The minimum Gasteiger partial charge on any atom is -0.352 e. The van der Waals surface area contributed by atoms with Crippen LogP contribution in [0.3, 0.4) is 0 Å². The molecule has 4 heteroatoms. The van der Waals surface area contributed by atoms with E-state index in [1.165, 1.54) is 5.56 Å². The van der Waals surface area contributed by atoms with Crippen LogP contribution in [0, 0.1) is 11.8 Å². The van der Waals surface area contributed by atoms with Crippen molar-refractivity contribution >= 4 is 5.91 Å². The second-order valence-corrected chi connectivity index (χ2v) is 6.46. The second-order valence-electron chi connectivity index (χ2n) is 6.46. The van der Waals surface area contributed by atoms with Crippen LogP contribution in [0.1, 0.15) is 18.9 Å². The summed E-state index contributed by atoms with van der Waals surface area (Å²) in [5, 5.41) is 6.54. The molecule has 0 aromatic heterocycles. The summed E-state index contributed by atoms with van der Waals surface area (Å²) in [6.45, 7) is 6.96. The van der Waals surface area contributed by atoms with E-state index in [4.69, 9.17) is 0 Å². The fourth-order valence-corrected chi connectivity index (χ4v) is 3.40. The normalized spacial score (nSPS) is 29.7. The SMILES string of the molecule is C[C@@H]1CNC[C@H]1C(=O)NC1CCN(Cc2ccccc2)C1. The molecule has 1 aromatic carbocycles. The van der Waals surface area contributed by atoms with Gasteiger partial charge in [-0.1, -0.05) is 37.3 Å². The molecule has 4 nitrogen and oxygen atoms in total. The van der Waals surface area contributed by atoms with Crippen molar-refractivity contribution in [2.24, 2.45) is 11.8 Å². The zero-order chi connectivity index (χ0) is 14.7. The molecule has 1 amide bonds. The molecule has 2 aliphatic rings. The molecule has 1 aromatic rings. The highest BCUT2D eigenvalue weighted by molar-refractivity contribution is 5.79. The molecule has 0 aliphatic carbocycles. The van der Waals surface area contributed by atoms with Crippen LogP contribution < -0.4 is 10.6 Å². The lowest BCUT2D eigenvalue weighted by Crippen LogP contribution is -2.42. The lowest BCUT2D eigenvalue weighted by molar-refractivity contribution is -0.126. The first-order valence-corrected chi connectivity index (χ1v) is 8.00. The minimum absolute atomic E-state index is 0.146. The lowest BCUT2D eigenvalue weighted by atomic mass is 9.97. The highest BCUT2D eigenvalue weighted by Crippen LogP contribution is 2.18. The molecule has 0 radical (unpaired) electrons. The number of carbonyl (C=O) groups excluding carboxylic acids is 1. The van der Waals surface area contributed by atoms with E-state index >= 15 is 0 Å².